The van der Waals surface area contributed by atoms with Crippen LogP contribution in [-0.4, -0.2) is 24.3 Å². The van der Waals surface area contributed by atoms with E-state index < -0.39 is 0 Å². The fraction of sp³-hybridized carbons (Fsp3) is 1.00. The molecule has 0 spiro atoms. The zero-order valence-corrected chi connectivity index (χ0v) is 8.68. The average Bonchev–Trinajstić information content (AvgIpc) is 2.32. The van der Waals surface area contributed by atoms with E-state index in [9.17, 15) is 0 Å². The molecule has 3 atom stereocenters. The number of hydrogen-bond acceptors (Lipinski definition) is 2. The Morgan fingerprint density at radius 1 is 1.67 bits per heavy atom. The maximum absolute atomic E-state index is 5.55. The van der Waals surface area contributed by atoms with Gasteiger partial charge in [-0.05, 0) is 33.6 Å². The molecule has 1 fully saturated rings. The van der Waals surface area contributed by atoms with E-state index in [0.717, 1.165) is 13.0 Å². The normalized spacial score (nSPS) is 38.5. The molecule has 3 unspecified atom stereocenters. The van der Waals surface area contributed by atoms with Gasteiger partial charge >= 0.3 is 0 Å². The molecular weight excluding hydrogens is 150 g/mol. The van der Waals surface area contributed by atoms with Crippen LogP contribution in [0.25, 0.3) is 0 Å². The van der Waals surface area contributed by atoms with E-state index in [0.29, 0.717) is 12.1 Å². The Kier molecular flexibility index (Phi) is 3.13. The van der Waals surface area contributed by atoms with Crippen LogP contribution in [0.15, 0.2) is 0 Å². The third-order valence-corrected chi connectivity index (χ3v) is 3.08. The Hall–Kier alpha value is -0.0800. The van der Waals surface area contributed by atoms with Crippen LogP contribution in [-0.2, 0) is 4.74 Å². The molecule has 2 nitrogen and oxygen atoms in total. The van der Waals surface area contributed by atoms with Gasteiger partial charge in [-0.3, -0.25) is 0 Å². The molecule has 0 aromatic carbocycles. The Bertz CT molecular complexity index is 149. The number of rotatable bonds is 3. The summed E-state index contributed by atoms with van der Waals surface area (Å²) in [7, 11) is 0. The largest absolute Gasteiger partial charge is 0.377 e. The van der Waals surface area contributed by atoms with Crippen molar-refractivity contribution >= 4 is 0 Å². The summed E-state index contributed by atoms with van der Waals surface area (Å²) >= 11 is 0. The number of hydrogen-bond donors (Lipinski definition) is 1. The van der Waals surface area contributed by atoms with Gasteiger partial charge in [-0.2, -0.15) is 0 Å². The van der Waals surface area contributed by atoms with Crippen LogP contribution < -0.4 is 5.32 Å². The van der Waals surface area contributed by atoms with Crippen molar-refractivity contribution in [3.8, 4) is 0 Å². The molecule has 1 rings (SSSR count). The molecule has 1 aliphatic rings. The van der Waals surface area contributed by atoms with Crippen molar-refractivity contribution < 1.29 is 4.74 Å². The number of nitrogens with one attached hydrogen (secondary N) is 1. The zero-order chi connectivity index (χ0) is 9.19. The third kappa shape index (κ3) is 1.99. The van der Waals surface area contributed by atoms with Crippen molar-refractivity contribution in [3.63, 3.8) is 0 Å². The van der Waals surface area contributed by atoms with E-state index in [1.807, 2.05) is 0 Å². The number of ether oxygens (including phenoxy) is 1. The highest BCUT2D eigenvalue weighted by Gasteiger charge is 2.37. The minimum absolute atomic E-state index is 0.204. The van der Waals surface area contributed by atoms with Gasteiger partial charge in [0, 0.05) is 18.2 Å². The van der Waals surface area contributed by atoms with E-state index in [2.05, 4.69) is 33.0 Å². The second kappa shape index (κ2) is 3.75. The van der Waals surface area contributed by atoms with Crippen LogP contribution >= 0.6 is 0 Å². The first-order chi connectivity index (χ1) is 5.58. The Morgan fingerprint density at radius 2 is 2.33 bits per heavy atom. The Labute approximate surface area is 75.7 Å². The predicted molar refractivity (Wildman–Crippen MR) is 51.3 cm³/mol. The fourth-order valence-corrected chi connectivity index (χ4v) is 1.69. The summed E-state index contributed by atoms with van der Waals surface area (Å²) in [4.78, 5) is 0. The molecule has 1 heterocycles. The van der Waals surface area contributed by atoms with Crippen molar-refractivity contribution in [1.29, 1.82) is 0 Å². The topological polar surface area (TPSA) is 21.3 Å². The molecule has 0 amide bonds. The molecule has 0 aromatic heterocycles. The van der Waals surface area contributed by atoms with E-state index in [4.69, 9.17) is 4.74 Å². The predicted octanol–water partition coefficient (Wildman–Crippen LogP) is 1.94. The molecule has 0 bridgehead atoms. The molecule has 72 valence electrons. The van der Waals surface area contributed by atoms with Gasteiger partial charge in [-0.15, -0.1) is 0 Å². The first-order valence-corrected chi connectivity index (χ1v) is 4.98. The second-order valence-corrected chi connectivity index (χ2v) is 4.13. The van der Waals surface area contributed by atoms with E-state index in [-0.39, 0.29) is 5.54 Å². The molecule has 2 heteroatoms. The summed E-state index contributed by atoms with van der Waals surface area (Å²) in [5, 5.41) is 3.63. The lowest BCUT2D eigenvalue weighted by atomic mass is 9.93. The lowest BCUT2D eigenvalue weighted by Crippen LogP contribution is -2.51. The van der Waals surface area contributed by atoms with Gasteiger partial charge in [0.15, 0.2) is 0 Å². The third-order valence-electron chi connectivity index (χ3n) is 3.08. The van der Waals surface area contributed by atoms with Gasteiger partial charge in [0.2, 0.25) is 0 Å². The summed E-state index contributed by atoms with van der Waals surface area (Å²) in [5.41, 5.74) is 0.204. The summed E-state index contributed by atoms with van der Waals surface area (Å²) < 4.78 is 5.55. The quantitative estimate of drug-likeness (QED) is 0.700. The molecule has 0 aliphatic carbocycles. The minimum Gasteiger partial charge on any atom is -0.377 e. The van der Waals surface area contributed by atoms with E-state index in [1.165, 1.54) is 6.42 Å². The van der Waals surface area contributed by atoms with Crippen molar-refractivity contribution in [2.45, 2.75) is 58.2 Å². The monoisotopic (exact) mass is 171 g/mol. The van der Waals surface area contributed by atoms with Crippen molar-refractivity contribution in [2.24, 2.45) is 0 Å². The first kappa shape index (κ1) is 10.0. The van der Waals surface area contributed by atoms with Crippen LogP contribution in [0.3, 0.4) is 0 Å². The molecule has 1 aliphatic heterocycles. The standard InChI is InChI=1S/C10H21NO/c1-5-8(2)11-10(4)6-7-12-9(10)3/h8-9,11H,5-7H2,1-4H3. The van der Waals surface area contributed by atoms with Gasteiger partial charge in [-0.25, -0.2) is 0 Å². The highest BCUT2D eigenvalue weighted by molar-refractivity contribution is 4.94. The Balaban J connectivity index is 2.47. The SMILES string of the molecule is CCC(C)NC1(C)CCOC1C. The lowest BCUT2D eigenvalue weighted by Gasteiger charge is -2.32. The second-order valence-electron chi connectivity index (χ2n) is 4.13. The van der Waals surface area contributed by atoms with Crippen LogP contribution in [0.2, 0.25) is 0 Å². The maximum Gasteiger partial charge on any atom is 0.0726 e. The van der Waals surface area contributed by atoms with Crippen LogP contribution in [0.4, 0.5) is 0 Å². The van der Waals surface area contributed by atoms with Gasteiger partial charge < -0.3 is 10.1 Å². The molecule has 0 saturated carbocycles. The molecule has 1 N–H and O–H groups in total. The van der Waals surface area contributed by atoms with Crippen LogP contribution in [0, 0.1) is 0 Å². The molecule has 12 heavy (non-hydrogen) atoms. The highest BCUT2D eigenvalue weighted by atomic mass is 16.5. The molecule has 0 radical (unpaired) electrons. The van der Waals surface area contributed by atoms with Crippen molar-refractivity contribution in [2.75, 3.05) is 6.61 Å². The highest BCUT2D eigenvalue weighted by Crippen LogP contribution is 2.25. The lowest BCUT2D eigenvalue weighted by molar-refractivity contribution is 0.0848. The van der Waals surface area contributed by atoms with Crippen LogP contribution in [0.1, 0.15) is 40.5 Å². The fourth-order valence-electron chi connectivity index (χ4n) is 1.69. The van der Waals surface area contributed by atoms with Crippen molar-refractivity contribution in [1.82, 2.24) is 5.32 Å². The van der Waals surface area contributed by atoms with E-state index in [1.54, 1.807) is 0 Å². The zero-order valence-electron chi connectivity index (χ0n) is 8.68. The summed E-state index contributed by atoms with van der Waals surface area (Å²) in [5.74, 6) is 0. The summed E-state index contributed by atoms with van der Waals surface area (Å²) in [6.07, 6.45) is 2.67. The maximum atomic E-state index is 5.55. The summed E-state index contributed by atoms with van der Waals surface area (Å²) in [6, 6.07) is 0.596. The van der Waals surface area contributed by atoms with Gasteiger partial charge in [-0.1, -0.05) is 6.92 Å². The minimum atomic E-state index is 0.204. The van der Waals surface area contributed by atoms with Crippen LogP contribution in [0.5, 0.6) is 0 Å². The van der Waals surface area contributed by atoms with Gasteiger partial charge in [0.05, 0.1) is 6.10 Å². The molecule has 0 aromatic rings. The van der Waals surface area contributed by atoms with Crippen molar-refractivity contribution in [3.05, 3.63) is 0 Å². The smallest absolute Gasteiger partial charge is 0.0726 e. The summed E-state index contributed by atoms with van der Waals surface area (Å²) in [6.45, 7) is 9.76. The van der Waals surface area contributed by atoms with Gasteiger partial charge in [0.1, 0.15) is 0 Å². The molecular formula is C10H21NO. The Morgan fingerprint density at radius 3 is 2.75 bits per heavy atom. The molecule has 1 saturated heterocycles. The average molecular weight is 171 g/mol. The van der Waals surface area contributed by atoms with Gasteiger partial charge in [0.25, 0.3) is 0 Å². The van der Waals surface area contributed by atoms with E-state index >= 15 is 0 Å². The first-order valence-electron chi connectivity index (χ1n) is 4.98.